The van der Waals surface area contributed by atoms with Gasteiger partial charge >= 0.3 is 0 Å². The molecule has 0 unspecified atom stereocenters. The van der Waals surface area contributed by atoms with E-state index in [9.17, 15) is 0 Å². The van der Waals surface area contributed by atoms with Gasteiger partial charge in [-0.15, -0.1) is 0 Å². The number of aromatic nitrogens is 2. The number of rotatable bonds is 3. The van der Waals surface area contributed by atoms with E-state index >= 15 is 0 Å². The number of benzene rings is 6. The summed E-state index contributed by atoms with van der Waals surface area (Å²) in [5, 5.41) is 1.04. The first-order chi connectivity index (χ1) is 23.3. The highest BCUT2D eigenvalue weighted by atomic mass is 16.5. The van der Waals surface area contributed by atoms with E-state index in [1.807, 2.05) is 30.3 Å². The standard InChI is InChI=1S/C44H35N3O/c1-43(2)32-17-9-12-20-37(32)47(38-21-13-10-18-33(38)43)30-23-25-35-40(27-30)48-39-26-29(22-24-34(39)44(35,3)4)42-45-36-19-11-8-16-31(36)41(46-42)28-14-6-5-7-15-28/h5-27H,1-4H3. The van der Waals surface area contributed by atoms with Crippen LogP contribution < -0.4 is 9.64 Å². The zero-order valence-corrected chi connectivity index (χ0v) is 27.5. The molecule has 0 bridgehead atoms. The Morgan fingerprint density at radius 3 is 1.81 bits per heavy atom. The number of hydrogen-bond acceptors (Lipinski definition) is 4. The first kappa shape index (κ1) is 28.5. The normalized spacial score (nSPS) is 15.1. The van der Waals surface area contributed by atoms with Gasteiger partial charge < -0.3 is 9.64 Å². The molecule has 48 heavy (non-hydrogen) atoms. The Morgan fingerprint density at radius 2 is 1.08 bits per heavy atom. The lowest BCUT2D eigenvalue weighted by Gasteiger charge is -2.42. The van der Waals surface area contributed by atoms with Crippen molar-refractivity contribution in [1.29, 1.82) is 0 Å². The lowest BCUT2D eigenvalue weighted by Crippen LogP contribution is -2.30. The van der Waals surface area contributed by atoms with Gasteiger partial charge in [0, 0.05) is 50.2 Å². The van der Waals surface area contributed by atoms with Crippen molar-refractivity contribution in [3.8, 4) is 34.1 Å². The molecule has 0 radical (unpaired) electrons. The predicted molar refractivity (Wildman–Crippen MR) is 196 cm³/mol. The van der Waals surface area contributed by atoms with Crippen molar-refractivity contribution in [2.24, 2.45) is 0 Å². The summed E-state index contributed by atoms with van der Waals surface area (Å²) in [5.41, 5.74) is 11.8. The summed E-state index contributed by atoms with van der Waals surface area (Å²) in [4.78, 5) is 12.5. The quantitative estimate of drug-likeness (QED) is 0.197. The first-order valence-electron chi connectivity index (χ1n) is 16.6. The minimum atomic E-state index is -0.265. The molecule has 9 rings (SSSR count). The Balaban J connectivity index is 1.16. The van der Waals surface area contributed by atoms with Gasteiger partial charge in [0.15, 0.2) is 5.82 Å². The Hall–Kier alpha value is -5.74. The van der Waals surface area contributed by atoms with Gasteiger partial charge in [0.1, 0.15) is 11.5 Å². The topological polar surface area (TPSA) is 38.3 Å². The highest BCUT2D eigenvalue weighted by Crippen LogP contribution is 2.54. The molecule has 3 heterocycles. The number of nitrogens with zero attached hydrogens (tertiary/aromatic N) is 3. The molecule has 0 spiro atoms. The van der Waals surface area contributed by atoms with Gasteiger partial charge in [-0.1, -0.05) is 131 Å². The zero-order chi connectivity index (χ0) is 32.6. The molecule has 0 N–H and O–H groups in total. The average Bonchev–Trinajstić information content (AvgIpc) is 3.11. The molecule has 4 heteroatoms. The van der Waals surface area contributed by atoms with Crippen LogP contribution in [0, 0.1) is 0 Å². The van der Waals surface area contributed by atoms with Gasteiger partial charge in [-0.3, -0.25) is 0 Å². The molecule has 1 aromatic heterocycles. The molecule has 0 saturated carbocycles. The van der Waals surface area contributed by atoms with Gasteiger partial charge in [0.2, 0.25) is 0 Å². The van der Waals surface area contributed by atoms with Gasteiger partial charge in [-0.25, -0.2) is 9.97 Å². The van der Waals surface area contributed by atoms with E-state index in [4.69, 9.17) is 14.7 Å². The highest BCUT2D eigenvalue weighted by molar-refractivity contribution is 5.93. The maximum Gasteiger partial charge on any atom is 0.160 e. The van der Waals surface area contributed by atoms with E-state index in [0.717, 1.165) is 50.5 Å². The summed E-state index contributed by atoms with van der Waals surface area (Å²) < 4.78 is 6.84. The van der Waals surface area contributed by atoms with E-state index in [1.54, 1.807) is 0 Å². The van der Waals surface area contributed by atoms with E-state index in [1.165, 1.54) is 28.1 Å². The van der Waals surface area contributed by atoms with Crippen LogP contribution in [0.4, 0.5) is 17.1 Å². The van der Waals surface area contributed by atoms with Crippen molar-refractivity contribution < 1.29 is 4.74 Å². The van der Waals surface area contributed by atoms with Crippen molar-refractivity contribution in [3.63, 3.8) is 0 Å². The van der Waals surface area contributed by atoms with E-state index < -0.39 is 0 Å². The van der Waals surface area contributed by atoms with Crippen LogP contribution in [0.5, 0.6) is 11.5 Å². The summed E-state index contributed by atoms with van der Waals surface area (Å²) in [6, 6.07) is 49.2. The van der Waals surface area contributed by atoms with Crippen molar-refractivity contribution >= 4 is 28.0 Å². The SMILES string of the molecule is CC1(C)c2ccc(-c3nc(-c4ccccc4)c4ccccc4n3)cc2Oc2cc(N3c4ccccc4C(C)(C)c4ccccc43)ccc21. The van der Waals surface area contributed by atoms with E-state index in [0.29, 0.717) is 5.82 Å². The summed E-state index contributed by atoms with van der Waals surface area (Å²) in [6.07, 6.45) is 0. The third-order valence-electron chi connectivity index (χ3n) is 10.3. The van der Waals surface area contributed by atoms with Gasteiger partial charge in [-0.05, 0) is 41.5 Å². The smallest absolute Gasteiger partial charge is 0.160 e. The molecule has 7 aromatic rings. The molecule has 232 valence electrons. The molecule has 2 aliphatic rings. The first-order valence-corrected chi connectivity index (χ1v) is 16.6. The lowest BCUT2D eigenvalue weighted by molar-refractivity contribution is 0.418. The summed E-state index contributed by atoms with van der Waals surface area (Å²) in [6.45, 7) is 9.19. The Morgan fingerprint density at radius 1 is 0.500 bits per heavy atom. The fourth-order valence-electron chi connectivity index (χ4n) is 7.75. The van der Waals surface area contributed by atoms with Crippen molar-refractivity contribution in [3.05, 3.63) is 162 Å². The number of hydrogen-bond donors (Lipinski definition) is 0. The van der Waals surface area contributed by atoms with Crippen LogP contribution in [0.3, 0.4) is 0 Å². The van der Waals surface area contributed by atoms with Gasteiger partial charge in [-0.2, -0.15) is 0 Å². The largest absolute Gasteiger partial charge is 0.457 e. The van der Waals surface area contributed by atoms with Crippen LogP contribution in [-0.2, 0) is 10.8 Å². The monoisotopic (exact) mass is 621 g/mol. The fourth-order valence-corrected chi connectivity index (χ4v) is 7.75. The molecule has 0 amide bonds. The molecule has 2 aliphatic heterocycles. The number of anilines is 3. The Labute approximate surface area is 281 Å². The van der Waals surface area contributed by atoms with E-state index in [-0.39, 0.29) is 10.8 Å². The van der Waals surface area contributed by atoms with Crippen LogP contribution in [0.15, 0.2) is 140 Å². The second-order valence-electron chi connectivity index (χ2n) is 13.9. The molecular formula is C44H35N3O. The second kappa shape index (κ2) is 10.4. The second-order valence-corrected chi connectivity index (χ2v) is 13.9. The lowest BCUT2D eigenvalue weighted by atomic mass is 9.73. The fraction of sp³-hybridized carbons (Fsp3) is 0.136. The summed E-state index contributed by atoms with van der Waals surface area (Å²) in [7, 11) is 0. The molecule has 0 atom stereocenters. The summed E-state index contributed by atoms with van der Waals surface area (Å²) >= 11 is 0. The summed E-state index contributed by atoms with van der Waals surface area (Å²) in [5.74, 6) is 2.38. The van der Waals surface area contributed by atoms with Crippen LogP contribution in [0.2, 0.25) is 0 Å². The van der Waals surface area contributed by atoms with Crippen molar-refractivity contribution in [2.75, 3.05) is 4.90 Å². The Bertz CT molecular complexity index is 2340. The van der Waals surface area contributed by atoms with Gasteiger partial charge in [0.25, 0.3) is 0 Å². The minimum absolute atomic E-state index is 0.114. The highest BCUT2D eigenvalue weighted by Gasteiger charge is 2.38. The van der Waals surface area contributed by atoms with Crippen molar-refractivity contribution in [2.45, 2.75) is 38.5 Å². The molecule has 0 aliphatic carbocycles. The van der Waals surface area contributed by atoms with Gasteiger partial charge in [0.05, 0.1) is 22.6 Å². The average molecular weight is 622 g/mol. The Kier molecular flexibility index (Phi) is 6.16. The predicted octanol–water partition coefficient (Wildman–Crippen LogP) is 11.5. The van der Waals surface area contributed by atoms with Crippen LogP contribution in [-0.4, -0.2) is 9.97 Å². The number of para-hydroxylation sites is 3. The number of ether oxygens (including phenoxy) is 1. The van der Waals surface area contributed by atoms with E-state index in [2.05, 4.69) is 142 Å². The number of fused-ring (bicyclic) bond motifs is 5. The molecule has 4 nitrogen and oxygen atoms in total. The maximum atomic E-state index is 6.84. The molecule has 6 aromatic carbocycles. The molecule has 0 fully saturated rings. The van der Waals surface area contributed by atoms with Crippen LogP contribution in [0.25, 0.3) is 33.5 Å². The maximum absolute atomic E-state index is 6.84. The minimum Gasteiger partial charge on any atom is -0.457 e. The molecular weight excluding hydrogens is 587 g/mol. The van der Waals surface area contributed by atoms with Crippen LogP contribution >= 0.6 is 0 Å². The third-order valence-corrected chi connectivity index (χ3v) is 10.3. The zero-order valence-electron chi connectivity index (χ0n) is 27.5. The third kappa shape index (κ3) is 4.22. The molecule has 0 saturated heterocycles. The van der Waals surface area contributed by atoms with Crippen molar-refractivity contribution in [1.82, 2.24) is 9.97 Å². The van der Waals surface area contributed by atoms with Crippen LogP contribution in [0.1, 0.15) is 49.9 Å².